The molecule has 1 saturated carbocycles. The molecule has 1 aliphatic heterocycles. The second kappa shape index (κ2) is 3.32. The van der Waals surface area contributed by atoms with Crippen molar-refractivity contribution in [3.8, 4) is 0 Å². The lowest BCUT2D eigenvalue weighted by atomic mass is 10.0. The molecule has 2 aliphatic rings. The first-order valence-electron chi connectivity index (χ1n) is 4.73. The van der Waals surface area contributed by atoms with E-state index in [4.69, 9.17) is 0 Å². The van der Waals surface area contributed by atoms with E-state index < -0.39 is 0 Å². The minimum atomic E-state index is 0. The molecule has 1 N–H and O–H groups in total. The first-order chi connectivity index (χ1) is 5.95. The molecule has 0 bridgehead atoms. The summed E-state index contributed by atoms with van der Waals surface area (Å²) in [5, 5.41) is 3.57. The molecule has 0 radical (unpaired) electrons. The van der Waals surface area contributed by atoms with Gasteiger partial charge in [-0.2, -0.15) is 0 Å². The van der Waals surface area contributed by atoms with Crippen molar-refractivity contribution >= 4 is 12.4 Å². The van der Waals surface area contributed by atoms with Gasteiger partial charge >= 0.3 is 0 Å². The molecule has 1 aromatic rings. The summed E-state index contributed by atoms with van der Waals surface area (Å²) in [6.07, 6.45) is 1.45. The smallest absolute Gasteiger partial charge is 0.0352 e. The average Bonchev–Trinajstić information content (AvgIpc) is 2.80. The highest BCUT2D eigenvalue weighted by Crippen LogP contribution is 2.51. The molecule has 70 valence electrons. The van der Waals surface area contributed by atoms with E-state index in [0.717, 1.165) is 11.8 Å². The Morgan fingerprint density at radius 2 is 1.92 bits per heavy atom. The predicted octanol–water partition coefficient (Wildman–Crippen LogP) is 2.39. The lowest BCUT2D eigenvalue weighted by Gasteiger charge is -2.12. The lowest BCUT2D eigenvalue weighted by Crippen LogP contribution is -2.17. The molecule has 2 heteroatoms. The van der Waals surface area contributed by atoms with E-state index in [9.17, 15) is 0 Å². The fraction of sp³-hybridized carbons (Fsp3) is 0.455. The Balaban J connectivity index is 0.000000653. The summed E-state index contributed by atoms with van der Waals surface area (Å²) in [7, 11) is 0. The monoisotopic (exact) mass is 195 g/mol. The molecule has 1 heterocycles. The van der Waals surface area contributed by atoms with Crippen LogP contribution in [0.4, 0.5) is 0 Å². The van der Waals surface area contributed by atoms with Crippen LogP contribution >= 0.6 is 12.4 Å². The first-order valence-corrected chi connectivity index (χ1v) is 4.73. The van der Waals surface area contributed by atoms with Gasteiger partial charge in [0.05, 0.1) is 0 Å². The fourth-order valence-corrected chi connectivity index (χ4v) is 2.37. The van der Waals surface area contributed by atoms with E-state index >= 15 is 0 Å². The van der Waals surface area contributed by atoms with Crippen molar-refractivity contribution in [1.29, 1.82) is 0 Å². The van der Waals surface area contributed by atoms with Gasteiger partial charge in [0.1, 0.15) is 0 Å². The van der Waals surface area contributed by atoms with Gasteiger partial charge in [-0.15, -0.1) is 12.4 Å². The molecule has 0 unspecified atom stereocenters. The Labute approximate surface area is 84.9 Å². The summed E-state index contributed by atoms with van der Waals surface area (Å²) >= 11 is 0. The van der Waals surface area contributed by atoms with Crippen LogP contribution in [0.1, 0.15) is 18.0 Å². The molecule has 0 spiro atoms. The summed E-state index contributed by atoms with van der Waals surface area (Å²) < 4.78 is 0. The van der Waals surface area contributed by atoms with Crippen molar-refractivity contribution in [2.24, 2.45) is 11.8 Å². The second-order valence-electron chi connectivity index (χ2n) is 3.96. The number of piperidine rings is 1. The van der Waals surface area contributed by atoms with E-state index in [1.165, 1.54) is 18.5 Å². The SMILES string of the molecule is Cl.c1ccc([C@H]2NC[C@H]3C[C@H]32)cc1. The van der Waals surface area contributed by atoms with Crippen molar-refractivity contribution in [2.45, 2.75) is 12.5 Å². The molecule has 2 fully saturated rings. The predicted molar refractivity (Wildman–Crippen MR) is 56.0 cm³/mol. The fourth-order valence-electron chi connectivity index (χ4n) is 2.37. The molecule has 0 aromatic heterocycles. The lowest BCUT2D eigenvalue weighted by molar-refractivity contribution is 0.563. The van der Waals surface area contributed by atoms with Crippen molar-refractivity contribution in [3.05, 3.63) is 35.9 Å². The Hall–Kier alpha value is -0.530. The molecule has 1 saturated heterocycles. The van der Waals surface area contributed by atoms with Gasteiger partial charge in [0.2, 0.25) is 0 Å². The van der Waals surface area contributed by atoms with Crippen LogP contribution in [-0.2, 0) is 0 Å². The Kier molecular flexibility index (Phi) is 2.31. The van der Waals surface area contributed by atoms with Gasteiger partial charge in [-0.3, -0.25) is 0 Å². The van der Waals surface area contributed by atoms with Crippen LogP contribution in [0.3, 0.4) is 0 Å². The van der Waals surface area contributed by atoms with Gasteiger partial charge in [0.15, 0.2) is 0 Å². The van der Waals surface area contributed by atoms with Gasteiger partial charge in [0.25, 0.3) is 0 Å². The number of benzene rings is 1. The van der Waals surface area contributed by atoms with Gasteiger partial charge in [-0.1, -0.05) is 30.3 Å². The minimum Gasteiger partial charge on any atom is -0.309 e. The Bertz CT molecular complexity index is 285. The highest BCUT2D eigenvalue weighted by molar-refractivity contribution is 5.85. The van der Waals surface area contributed by atoms with Crippen LogP contribution in [0.2, 0.25) is 0 Å². The van der Waals surface area contributed by atoms with Gasteiger partial charge in [0, 0.05) is 6.04 Å². The van der Waals surface area contributed by atoms with Crippen LogP contribution in [-0.4, -0.2) is 6.54 Å². The third-order valence-electron chi connectivity index (χ3n) is 3.16. The zero-order valence-corrected chi connectivity index (χ0v) is 8.26. The number of nitrogens with one attached hydrogen (secondary N) is 1. The molecule has 1 nitrogen and oxygen atoms in total. The molecular weight excluding hydrogens is 182 g/mol. The molecule has 1 aromatic carbocycles. The largest absolute Gasteiger partial charge is 0.309 e. The summed E-state index contributed by atoms with van der Waals surface area (Å²) in [6, 6.07) is 11.5. The highest BCUT2D eigenvalue weighted by Gasteiger charge is 2.48. The number of rotatable bonds is 1. The average molecular weight is 196 g/mol. The van der Waals surface area contributed by atoms with Gasteiger partial charge < -0.3 is 5.32 Å². The third-order valence-corrected chi connectivity index (χ3v) is 3.16. The number of halogens is 1. The van der Waals surface area contributed by atoms with Crippen molar-refractivity contribution < 1.29 is 0 Å². The van der Waals surface area contributed by atoms with E-state index in [1.54, 1.807) is 0 Å². The standard InChI is InChI=1S/C11H13N.ClH/c1-2-4-8(5-3-1)11-10-6-9(10)7-12-11;/h1-5,9-12H,6-7H2;1H/t9-,10-,11-;/m1./s1. The Morgan fingerprint density at radius 3 is 2.46 bits per heavy atom. The summed E-state index contributed by atoms with van der Waals surface area (Å²) in [5.41, 5.74) is 1.47. The maximum atomic E-state index is 3.57. The van der Waals surface area contributed by atoms with Crippen LogP contribution in [0.5, 0.6) is 0 Å². The molecule has 3 rings (SSSR count). The van der Waals surface area contributed by atoms with Crippen molar-refractivity contribution in [1.82, 2.24) is 5.32 Å². The van der Waals surface area contributed by atoms with Crippen LogP contribution < -0.4 is 5.32 Å². The van der Waals surface area contributed by atoms with Crippen LogP contribution in [0, 0.1) is 11.8 Å². The van der Waals surface area contributed by atoms with E-state index in [2.05, 4.69) is 35.6 Å². The second-order valence-corrected chi connectivity index (χ2v) is 3.96. The van der Waals surface area contributed by atoms with Crippen molar-refractivity contribution in [3.63, 3.8) is 0 Å². The van der Waals surface area contributed by atoms with Crippen LogP contribution in [0.25, 0.3) is 0 Å². The number of fused-ring (bicyclic) bond motifs is 1. The summed E-state index contributed by atoms with van der Waals surface area (Å²) in [5.74, 6) is 1.95. The summed E-state index contributed by atoms with van der Waals surface area (Å²) in [6.45, 7) is 1.24. The molecule has 0 amide bonds. The first kappa shape index (κ1) is 9.04. The minimum absolute atomic E-state index is 0. The zero-order chi connectivity index (χ0) is 7.97. The molecule has 3 atom stereocenters. The normalized spacial score (nSPS) is 34.9. The highest BCUT2D eigenvalue weighted by atomic mass is 35.5. The Morgan fingerprint density at radius 1 is 1.15 bits per heavy atom. The van der Waals surface area contributed by atoms with E-state index in [0.29, 0.717) is 6.04 Å². The quantitative estimate of drug-likeness (QED) is 0.726. The molecule has 1 aliphatic carbocycles. The topological polar surface area (TPSA) is 12.0 Å². The van der Waals surface area contributed by atoms with Gasteiger partial charge in [-0.05, 0) is 30.4 Å². The molecular formula is C11H14ClN. The maximum Gasteiger partial charge on any atom is 0.0352 e. The van der Waals surface area contributed by atoms with Crippen molar-refractivity contribution in [2.75, 3.05) is 6.54 Å². The number of hydrogen-bond donors (Lipinski definition) is 1. The van der Waals surface area contributed by atoms with E-state index in [-0.39, 0.29) is 12.4 Å². The maximum absolute atomic E-state index is 3.57. The van der Waals surface area contributed by atoms with Gasteiger partial charge in [-0.25, -0.2) is 0 Å². The zero-order valence-electron chi connectivity index (χ0n) is 7.44. The third kappa shape index (κ3) is 1.47. The summed E-state index contributed by atoms with van der Waals surface area (Å²) in [4.78, 5) is 0. The number of hydrogen-bond acceptors (Lipinski definition) is 1. The van der Waals surface area contributed by atoms with Crippen LogP contribution in [0.15, 0.2) is 30.3 Å². The molecule has 13 heavy (non-hydrogen) atoms. The van der Waals surface area contributed by atoms with E-state index in [1.807, 2.05) is 0 Å².